The fourth-order valence-electron chi connectivity index (χ4n) is 5.32. The zero-order valence-corrected chi connectivity index (χ0v) is 59.7. The summed E-state index contributed by atoms with van der Waals surface area (Å²) in [6.07, 6.45) is 29.4. The van der Waals surface area contributed by atoms with Gasteiger partial charge < -0.3 is 67.9 Å². The predicted octanol–water partition coefficient (Wildman–Crippen LogP) is 0.325. The molecule has 0 saturated heterocycles. The maximum atomic E-state index is 8.94. The first-order valence-corrected chi connectivity index (χ1v) is 24.5. The Morgan fingerprint density at radius 2 is 0.988 bits per heavy atom. The molecule has 464 valence electrons. The number of terminal acetylenes is 4. The summed E-state index contributed by atoms with van der Waals surface area (Å²) in [4.78, 5) is 79.8. The molecule has 28 nitrogen and oxygen atoms in total. The first-order valence-electron chi connectivity index (χ1n) is 23.7. The zero-order valence-electron chi connectivity index (χ0n) is 50.5. The van der Waals surface area contributed by atoms with Crippen LogP contribution >= 0.6 is 60.4 Å². The van der Waals surface area contributed by atoms with Crippen molar-refractivity contribution in [2.45, 2.75) is 33.6 Å². The van der Waals surface area contributed by atoms with E-state index in [4.69, 9.17) is 82.6 Å². The molecule has 0 unspecified atom stereocenters. The van der Waals surface area contributed by atoms with Gasteiger partial charge in [-0.05, 0) is 50.5 Å². The molecule has 86 heavy (non-hydrogen) atoms. The number of rotatable bonds is 16. The van der Waals surface area contributed by atoms with Crippen molar-refractivity contribution < 1.29 is 150 Å². The van der Waals surface area contributed by atoms with E-state index in [1.165, 1.54) is 0 Å². The van der Waals surface area contributed by atoms with Gasteiger partial charge in [0.25, 0.3) is 6.47 Å². The van der Waals surface area contributed by atoms with Crippen molar-refractivity contribution in [2.24, 2.45) is 0 Å². The number of aldehydes is 1. The van der Waals surface area contributed by atoms with Crippen LogP contribution in [0.25, 0.3) is 44.1 Å². The van der Waals surface area contributed by atoms with Gasteiger partial charge in [0.05, 0.1) is 62.5 Å². The van der Waals surface area contributed by atoms with Gasteiger partial charge in [0, 0.05) is 67.2 Å². The summed E-state index contributed by atoms with van der Waals surface area (Å²) in [7, 11) is 9.99. The van der Waals surface area contributed by atoms with Crippen LogP contribution in [-0.4, -0.2) is 160 Å². The van der Waals surface area contributed by atoms with Crippen molar-refractivity contribution >= 4 is 153 Å². The molecule has 8 rings (SSSR count). The average molecular weight is 1350 g/mol. The van der Waals surface area contributed by atoms with Crippen LogP contribution in [0.2, 0.25) is 10.3 Å². The summed E-state index contributed by atoms with van der Waals surface area (Å²) in [5.74, 6) is 12.0. The number of aliphatic hydroxyl groups excluding tert-OH is 1. The van der Waals surface area contributed by atoms with Crippen LogP contribution < -0.4 is 145 Å². The molecule has 0 atom stereocenters. The number of nitrogens with two attached hydrogens (primary N) is 1. The summed E-state index contributed by atoms with van der Waals surface area (Å²) in [6, 6.07) is 7.41. The molecule has 0 aliphatic carbocycles. The Morgan fingerprint density at radius 3 is 1.26 bits per heavy atom. The second-order valence-electron chi connectivity index (χ2n) is 14.2. The standard InChI is InChI=1S/2C11H13N5O.C9H7ClN4.C6H5ClN4.2C4H10O.C3H2O.C2H7NO.CH2O3.3ClH.2K.H2.H/c2*1-4-6-13-11-14-9-8(5-7-12-9)10(15-11)16(2)17-3;1-2-4-12-9-13-7(10)6-3-5-11-8(6)14-9;7-4-3-1-2-9-5(3)11-6(8)10-4;1-3-5-4-2;1-2-3-4-5;1-2-3-4;1-3-4-2;2-1-4-3;;;;;;;/h2*1,5,7H,6H2,2-3H3,(H2,12,13,14,15);1,3,5H,4H2,(H2,11,12,13,14);1-2H,(H3,8,9,10,11);3-4H2,1-2H3;5H,2-4H2,1H3;1,3H;3H,1-2H3;1,3H;3*1H;;;1H;/q;;;;;;;;;;;;2*+1;;-1/p-1/i;;;;;;;;;;;;;;1+1;. The van der Waals surface area contributed by atoms with E-state index in [1.807, 2.05) is 32.0 Å². The third-order valence-electron chi connectivity index (χ3n) is 8.97. The Balaban J connectivity index is -0.000000143. The van der Waals surface area contributed by atoms with Crippen LogP contribution in [0.4, 0.5) is 35.4 Å². The predicted molar refractivity (Wildman–Crippen MR) is 340 cm³/mol. The second-order valence-corrected chi connectivity index (χ2v) is 14.9. The number of H-pyrrole nitrogens is 4. The topological polar surface area (TPSA) is 370 Å². The van der Waals surface area contributed by atoms with Gasteiger partial charge >= 0.3 is 103 Å². The van der Waals surface area contributed by atoms with Crippen LogP contribution in [0.15, 0.2) is 49.1 Å². The summed E-state index contributed by atoms with van der Waals surface area (Å²) >= 11 is 11.7. The van der Waals surface area contributed by atoms with E-state index < -0.39 is 0 Å². The number of aromatic amines is 4. The van der Waals surface area contributed by atoms with E-state index in [-0.39, 0.29) is 155 Å². The molecule has 0 spiro atoms. The number of unbranched alkanes of at least 4 members (excludes halogenated alkanes) is 1. The zero-order chi connectivity index (χ0) is 60.8. The monoisotopic (exact) mass is 1350 g/mol. The number of carbonyl (C=O) groups is 2. The Hall–Kier alpha value is -4.90. The largest absolute Gasteiger partial charge is 1.00 e. The number of halogens is 5. The first kappa shape index (κ1) is 92.3. The van der Waals surface area contributed by atoms with Crippen molar-refractivity contribution in [3.05, 3.63) is 59.4 Å². The van der Waals surface area contributed by atoms with Crippen LogP contribution in [0.5, 0.6) is 0 Å². The molecule has 8 aromatic heterocycles. The number of hydrogen-bond donors (Lipinski definition) is 10. The third-order valence-corrected chi connectivity index (χ3v) is 9.54. The number of fused-ring (bicyclic) bond motifs is 4. The van der Waals surface area contributed by atoms with Gasteiger partial charge in [-0.2, -0.15) is 29.9 Å². The molecular weight excluding hydrogens is 1280 g/mol. The third kappa shape index (κ3) is 37.1. The number of nitrogens with zero attached hydrogens (tertiary/aromatic N) is 10. The van der Waals surface area contributed by atoms with Crippen molar-refractivity contribution in [3.63, 3.8) is 0 Å². The molecule has 8 aromatic rings. The fraction of sp³-hybridized carbons (Fsp3) is 0.333. The van der Waals surface area contributed by atoms with Crippen LogP contribution in [-0.2, 0) is 33.7 Å². The Labute approximate surface area is 616 Å². The quantitative estimate of drug-likeness (QED) is 0.0156. The number of nitrogens with one attached hydrogen (secondary N) is 8. The molecule has 11 N–H and O–H groups in total. The van der Waals surface area contributed by atoms with E-state index >= 15 is 0 Å². The number of hydroxylamine groups is 3. The Morgan fingerprint density at radius 1 is 0.663 bits per heavy atom. The van der Waals surface area contributed by atoms with Crippen LogP contribution in [0.1, 0.15) is 36.5 Å². The molecule has 35 heteroatoms. The van der Waals surface area contributed by atoms with Crippen molar-refractivity contribution in [1.82, 2.24) is 65.3 Å². The minimum absolute atomic E-state index is 0. The van der Waals surface area contributed by atoms with Gasteiger partial charge in [-0.25, -0.2) is 25.6 Å². The molecule has 0 aliphatic heterocycles. The minimum atomic E-state index is -0.181. The normalized spacial score (nSPS) is 8.76. The van der Waals surface area contributed by atoms with E-state index in [9.17, 15) is 0 Å². The molecule has 0 radical (unpaired) electrons. The number of hydrogen-bond acceptors (Lipinski definition) is 24. The van der Waals surface area contributed by atoms with Crippen molar-refractivity contribution in [2.75, 3.05) is 114 Å². The van der Waals surface area contributed by atoms with E-state index in [0.29, 0.717) is 83.6 Å². The molecule has 0 aliphatic rings. The van der Waals surface area contributed by atoms with Crippen LogP contribution in [0.3, 0.4) is 0 Å². The maximum Gasteiger partial charge on any atom is 1.00 e. The van der Waals surface area contributed by atoms with Crippen LogP contribution in [0, 0.1) is 49.4 Å². The van der Waals surface area contributed by atoms with E-state index in [1.54, 1.807) is 89.4 Å². The Bertz CT molecular complexity index is 3090. The van der Waals surface area contributed by atoms with Crippen molar-refractivity contribution in [1.29, 1.82) is 0 Å². The Kier molecular flexibility index (Phi) is 63.4. The number of carbonyl (C=O) groups excluding carboxylic acids is 2. The molecule has 0 fully saturated rings. The smallest absolute Gasteiger partial charge is 1.00 e. The molecule has 0 amide bonds. The van der Waals surface area contributed by atoms with Gasteiger partial charge in [-0.1, -0.05) is 54.3 Å². The number of nitrogen functional groups attached to an aromatic ring is 1. The number of ether oxygens (including phenoxy) is 1. The van der Waals surface area contributed by atoms with Gasteiger partial charge in [0.15, 0.2) is 17.9 Å². The molecule has 0 aromatic carbocycles. The summed E-state index contributed by atoms with van der Waals surface area (Å²) in [5.41, 5.74) is 10.6. The van der Waals surface area contributed by atoms with E-state index in [2.05, 4.69) is 122 Å². The summed E-state index contributed by atoms with van der Waals surface area (Å²) < 4.78 is 4.83. The number of aromatic nitrogens is 12. The molecular formula is C51H74Cl5K2N19O9. The number of anilines is 6. The summed E-state index contributed by atoms with van der Waals surface area (Å²) in [6.45, 7) is 9.01. The molecule has 0 saturated carbocycles. The SMILES string of the molecule is C#CC=O.C#CCNc1nc(Cl)c2cc[nH]c2n1.C#CCNc1nc(N(C)OC)c2cc[nH]c2n1.C#CCNc1nc(N(C)OC)c2cc[nH]c2n1.CCCCO.CCOCC.CNOC.Cl.Cl.Cl.Nc1nc(Cl)c2cc[nH]c2n1.O=CO[O-].[2HH].[H-].[K+].[K+]. The minimum Gasteiger partial charge on any atom is -1.00 e. The fourth-order valence-corrected chi connectivity index (χ4v) is 5.79. The van der Waals surface area contributed by atoms with Gasteiger partial charge in [-0.15, -0.1) is 62.9 Å². The first-order chi connectivity index (χ1) is 39.2. The summed E-state index contributed by atoms with van der Waals surface area (Å²) in [5, 5.41) is 32.5. The van der Waals surface area contributed by atoms with Crippen molar-refractivity contribution in [3.8, 4) is 49.4 Å². The average Bonchev–Trinajstić information content (AvgIpc) is 3.99. The van der Waals surface area contributed by atoms with E-state index in [0.717, 1.165) is 58.9 Å². The molecule has 8 heterocycles. The van der Waals surface area contributed by atoms with Gasteiger partial charge in [0.2, 0.25) is 23.8 Å². The van der Waals surface area contributed by atoms with Gasteiger partial charge in [0.1, 0.15) is 32.9 Å². The van der Waals surface area contributed by atoms with Gasteiger partial charge in [-0.3, -0.25) is 19.3 Å². The number of aliphatic hydroxyl groups is 1. The maximum absolute atomic E-state index is 8.94. The second kappa shape index (κ2) is 59.1. The molecule has 0 bridgehead atoms.